The Morgan fingerprint density at radius 1 is 1.50 bits per heavy atom. The van der Waals surface area contributed by atoms with Gasteiger partial charge in [-0.1, -0.05) is 6.92 Å². The number of thiazole rings is 1. The highest BCUT2D eigenvalue weighted by Gasteiger charge is 2.08. The molecule has 0 bridgehead atoms. The van der Waals surface area contributed by atoms with E-state index in [2.05, 4.69) is 22.2 Å². The second-order valence-corrected chi connectivity index (χ2v) is 4.93. The van der Waals surface area contributed by atoms with Gasteiger partial charge in [-0.25, -0.2) is 4.98 Å². The Hall–Kier alpha value is -1.95. The van der Waals surface area contributed by atoms with E-state index in [1.165, 1.54) is 11.1 Å². The van der Waals surface area contributed by atoms with Crippen LogP contribution in [0.1, 0.15) is 27.3 Å². The molecule has 94 valence electrons. The summed E-state index contributed by atoms with van der Waals surface area (Å²) in [6, 6.07) is 3.19. The molecule has 0 spiro atoms. The Kier molecular flexibility index (Phi) is 3.88. The molecule has 5 nitrogen and oxygen atoms in total. The van der Waals surface area contributed by atoms with Gasteiger partial charge < -0.3 is 11.1 Å². The molecule has 0 radical (unpaired) electrons. The summed E-state index contributed by atoms with van der Waals surface area (Å²) in [5, 5.41) is 3.66. The molecule has 0 aromatic carbocycles. The average molecular weight is 262 g/mol. The van der Waals surface area contributed by atoms with Crippen molar-refractivity contribution in [1.29, 1.82) is 0 Å². The number of nitrogen functional groups attached to an aromatic ring is 1. The first-order chi connectivity index (χ1) is 8.69. The molecule has 18 heavy (non-hydrogen) atoms. The molecule has 0 saturated carbocycles. The van der Waals surface area contributed by atoms with Crippen LogP contribution in [-0.2, 0) is 13.0 Å². The van der Waals surface area contributed by atoms with Crippen molar-refractivity contribution < 1.29 is 4.79 Å². The molecule has 2 aromatic heterocycles. The van der Waals surface area contributed by atoms with Crippen LogP contribution in [0.2, 0.25) is 0 Å². The quantitative estimate of drug-likeness (QED) is 0.877. The van der Waals surface area contributed by atoms with Crippen molar-refractivity contribution in [3.05, 3.63) is 40.1 Å². The average Bonchev–Trinajstić information content (AvgIpc) is 2.84. The normalized spacial score (nSPS) is 10.3. The van der Waals surface area contributed by atoms with Crippen LogP contribution in [0.25, 0.3) is 0 Å². The van der Waals surface area contributed by atoms with Crippen LogP contribution in [0.3, 0.4) is 0 Å². The monoisotopic (exact) mass is 262 g/mol. The molecule has 2 heterocycles. The Morgan fingerprint density at radius 3 is 3.00 bits per heavy atom. The predicted octanol–water partition coefficient (Wildman–Crippen LogP) is 1.61. The molecule has 0 aliphatic heterocycles. The van der Waals surface area contributed by atoms with Gasteiger partial charge in [-0.2, -0.15) is 0 Å². The number of rotatable bonds is 4. The van der Waals surface area contributed by atoms with Crippen molar-refractivity contribution in [2.45, 2.75) is 19.9 Å². The SMILES string of the molecule is CCc1cnc(CNC(=O)c2cc(N)ccn2)s1. The number of pyridine rings is 1. The lowest BCUT2D eigenvalue weighted by molar-refractivity contribution is 0.0946. The topological polar surface area (TPSA) is 80.9 Å². The number of carbonyl (C=O) groups excluding carboxylic acids is 1. The number of nitrogens with two attached hydrogens (primary N) is 1. The van der Waals surface area contributed by atoms with Crippen molar-refractivity contribution in [1.82, 2.24) is 15.3 Å². The van der Waals surface area contributed by atoms with Crippen LogP contribution in [0, 0.1) is 0 Å². The van der Waals surface area contributed by atoms with E-state index in [-0.39, 0.29) is 5.91 Å². The molecular formula is C12H14N4OS. The molecule has 0 fully saturated rings. The largest absolute Gasteiger partial charge is 0.399 e. The Morgan fingerprint density at radius 2 is 2.33 bits per heavy atom. The molecule has 0 unspecified atom stereocenters. The van der Waals surface area contributed by atoms with Gasteiger partial charge in [0.15, 0.2) is 0 Å². The maximum atomic E-state index is 11.8. The highest BCUT2D eigenvalue weighted by molar-refractivity contribution is 7.11. The highest BCUT2D eigenvalue weighted by Crippen LogP contribution is 2.13. The summed E-state index contributed by atoms with van der Waals surface area (Å²) in [7, 11) is 0. The van der Waals surface area contributed by atoms with Crippen LogP contribution in [-0.4, -0.2) is 15.9 Å². The summed E-state index contributed by atoms with van der Waals surface area (Å²) < 4.78 is 0. The van der Waals surface area contributed by atoms with Crippen LogP contribution >= 0.6 is 11.3 Å². The molecule has 0 aliphatic carbocycles. The maximum Gasteiger partial charge on any atom is 0.270 e. The molecule has 2 aromatic rings. The third kappa shape index (κ3) is 3.04. The summed E-state index contributed by atoms with van der Waals surface area (Å²) in [6.45, 7) is 2.49. The van der Waals surface area contributed by atoms with Crippen molar-refractivity contribution in [3.63, 3.8) is 0 Å². The fraction of sp³-hybridized carbons (Fsp3) is 0.250. The molecule has 0 atom stereocenters. The second-order valence-electron chi connectivity index (χ2n) is 3.73. The van der Waals surface area contributed by atoms with Crippen molar-refractivity contribution in [2.75, 3.05) is 5.73 Å². The molecule has 6 heteroatoms. The smallest absolute Gasteiger partial charge is 0.270 e. The minimum absolute atomic E-state index is 0.240. The first kappa shape index (κ1) is 12.5. The Labute approximate surface area is 109 Å². The molecule has 0 saturated heterocycles. The van der Waals surface area contributed by atoms with Crippen LogP contribution in [0.4, 0.5) is 5.69 Å². The van der Waals surface area contributed by atoms with E-state index in [0.717, 1.165) is 11.4 Å². The lowest BCUT2D eigenvalue weighted by atomic mass is 10.3. The lowest BCUT2D eigenvalue weighted by Gasteiger charge is -2.02. The zero-order valence-electron chi connectivity index (χ0n) is 10.0. The van der Waals surface area contributed by atoms with Crippen molar-refractivity contribution in [3.8, 4) is 0 Å². The van der Waals surface area contributed by atoms with Gasteiger partial charge in [0, 0.05) is 23.0 Å². The molecule has 1 amide bonds. The summed E-state index contributed by atoms with van der Waals surface area (Å²) in [4.78, 5) is 21.2. The zero-order valence-corrected chi connectivity index (χ0v) is 10.8. The third-order valence-electron chi connectivity index (χ3n) is 2.37. The van der Waals surface area contributed by atoms with E-state index in [9.17, 15) is 4.79 Å². The van der Waals surface area contributed by atoms with E-state index in [0.29, 0.717) is 17.9 Å². The Balaban J connectivity index is 1.96. The predicted molar refractivity (Wildman–Crippen MR) is 71.3 cm³/mol. The van der Waals surface area contributed by atoms with Crippen molar-refractivity contribution >= 4 is 22.9 Å². The van der Waals surface area contributed by atoms with Gasteiger partial charge in [-0.15, -0.1) is 11.3 Å². The minimum Gasteiger partial charge on any atom is -0.399 e. The summed E-state index contributed by atoms with van der Waals surface area (Å²) >= 11 is 1.60. The van der Waals surface area contributed by atoms with Gasteiger partial charge in [-0.05, 0) is 18.6 Å². The van der Waals surface area contributed by atoms with E-state index in [1.807, 2.05) is 6.20 Å². The molecule has 2 rings (SSSR count). The first-order valence-electron chi connectivity index (χ1n) is 5.62. The maximum absolute atomic E-state index is 11.8. The number of carbonyl (C=O) groups is 1. The molecular weight excluding hydrogens is 248 g/mol. The fourth-order valence-corrected chi connectivity index (χ4v) is 2.21. The summed E-state index contributed by atoms with van der Waals surface area (Å²) in [6.07, 6.45) is 4.32. The van der Waals surface area contributed by atoms with Gasteiger partial charge in [0.25, 0.3) is 5.91 Å². The number of aromatic nitrogens is 2. The van der Waals surface area contributed by atoms with Gasteiger partial charge in [0.2, 0.25) is 0 Å². The van der Waals surface area contributed by atoms with Crippen molar-refractivity contribution in [2.24, 2.45) is 0 Å². The fourth-order valence-electron chi connectivity index (χ4n) is 1.41. The van der Waals surface area contributed by atoms with Crippen LogP contribution in [0.15, 0.2) is 24.5 Å². The zero-order chi connectivity index (χ0) is 13.0. The van der Waals surface area contributed by atoms with E-state index in [4.69, 9.17) is 5.73 Å². The number of hydrogen-bond donors (Lipinski definition) is 2. The summed E-state index contributed by atoms with van der Waals surface area (Å²) in [5.41, 5.74) is 6.44. The van der Waals surface area contributed by atoms with E-state index < -0.39 is 0 Å². The minimum atomic E-state index is -0.240. The number of nitrogens with zero attached hydrogens (tertiary/aromatic N) is 2. The Bertz CT molecular complexity index is 553. The standard InChI is InChI=1S/C12H14N4OS/c1-2-9-6-15-11(18-9)7-16-12(17)10-5-8(13)3-4-14-10/h3-6H,2,7H2,1H3,(H2,13,14)(H,16,17). The lowest BCUT2D eigenvalue weighted by Crippen LogP contribution is -2.23. The van der Waals surface area contributed by atoms with Crippen LogP contribution < -0.4 is 11.1 Å². The van der Waals surface area contributed by atoms with Gasteiger partial charge in [-0.3, -0.25) is 9.78 Å². The summed E-state index contributed by atoms with van der Waals surface area (Å²) in [5.74, 6) is -0.240. The van der Waals surface area contributed by atoms with E-state index >= 15 is 0 Å². The van der Waals surface area contributed by atoms with E-state index in [1.54, 1.807) is 23.5 Å². The third-order valence-corrected chi connectivity index (χ3v) is 3.51. The first-order valence-corrected chi connectivity index (χ1v) is 6.44. The number of hydrogen-bond acceptors (Lipinski definition) is 5. The highest BCUT2D eigenvalue weighted by atomic mass is 32.1. The van der Waals surface area contributed by atoms with Gasteiger partial charge in [0.1, 0.15) is 10.7 Å². The van der Waals surface area contributed by atoms with Crippen LogP contribution in [0.5, 0.6) is 0 Å². The number of nitrogens with one attached hydrogen (secondary N) is 1. The number of anilines is 1. The molecule has 0 aliphatic rings. The van der Waals surface area contributed by atoms with Gasteiger partial charge in [0.05, 0.1) is 6.54 Å². The number of amides is 1. The van der Waals surface area contributed by atoms with Gasteiger partial charge >= 0.3 is 0 Å². The number of aryl methyl sites for hydroxylation is 1. The second kappa shape index (κ2) is 5.59. The molecule has 3 N–H and O–H groups in total.